The number of nitrogens with zero attached hydrogens (tertiary/aromatic N) is 1. The summed E-state index contributed by atoms with van der Waals surface area (Å²) in [4.78, 5) is 9.31. The molecule has 2 aromatic heterocycles. The number of hydrogen-bond acceptors (Lipinski definition) is 4. The Bertz CT molecular complexity index is 828. The molecule has 100 valence electrons. The van der Waals surface area contributed by atoms with Crippen LogP contribution in [0.5, 0.6) is 0 Å². The average molecular weight is 284 g/mol. The van der Waals surface area contributed by atoms with Crippen molar-refractivity contribution in [3.63, 3.8) is 0 Å². The van der Waals surface area contributed by atoms with Crippen LogP contribution in [0.4, 0.5) is 0 Å². The minimum absolute atomic E-state index is 0.0260. The molecule has 0 aliphatic carbocycles. The van der Waals surface area contributed by atoms with Gasteiger partial charge in [-0.3, -0.25) is 10.8 Å². The van der Waals surface area contributed by atoms with Gasteiger partial charge in [0.1, 0.15) is 17.5 Å². The Morgan fingerprint density at radius 1 is 1.10 bits per heavy atom. The maximum absolute atomic E-state index is 7.44. The Balaban J connectivity index is 2.07. The number of H-pyrrole nitrogens is 1. The monoisotopic (exact) mass is 284 g/mol. The number of nitrogens with one attached hydrogen (secondary N) is 3. The van der Waals surface area contributed by atoms with E-state index in [1.807, 2.05) is 12.1 Å². The molecule has 0 bridgehead atoms. The number of imidazole rings is 1. The zero-order chi connectivity index (χ0) is 14.3. The number of aromatic nitrogens is 2. The zero-order valence-corrected chi connectivity index (χ0v) is 11.2. The molecule has 3 aromatic rings. The topological polar surface area (TPSA) is 128 Å². The molecule has 1 aromatic carbocycles. The van der Waals surface area contributed by atoms with Crippen LogP contribution >= 0.6 is 11.3 Å². The van der Waals surface area contributed by atoms with Gasteiger partial charge in [-0.25, -0.2) is 4.98 Å². The van der Waals surface area contributed by atoms with Gasteiger partial charge < -0.3 is 16.5 Å². The van der Waals surface area contributed by atoms with Crippen LogP contribution in [0.25, 0.3) is 21.7 Å². The lowest BCUT2D eigenvalue weighted by molar-refractivity contribution is 1.36. The Labute approximate surface area is 118 Å². The number of hydrogen-bond donors (Lipinski definition) is 5. The third-order valence-electron chi connectivity index (χ3n) is 2.90. The first-order valence-electron chi connectivity index (χ1n) is 5.83. The van der Waals surface area contributed by atoms with E-state index in [4.69, 9.17) is 22.3 Å². The maximum atomic E-state index is 7.44. The number of fused-ring (bicyclic) bond motifs is 1. The van der Waals surface area contributed by atoms with E-state index in [2.05, 4.69) is 9.97 Å². The Hall–Kier alpha value is -2.67. The van der Waals surface area contributed by atoms with Crippen molar-refractivity contribution in [1.29, 1.82) is 10.8 Å². The van der Waals surface area contributed by atoms with Gasteiger partial charge in [-0.1, -0.05) is 0 Å². The highest BCUT2D eigenvalue weighted by Crippen LogP contribution is 2.27. The average Bonchev–Trinajstić information content (AvgIpc) is 3.04. The van der Waals surface area contributed by atoms with E-state index in [0.717, 1.165) is 21.7 Å². The number of aromatic amines is 1. The van der Waals surface area contributed by atoms with Crippen molar-refractivity contribution in [2.75, 3.05) is 0 Å². The second-order valence-corrected chi connectivity index (χ2v) is 5.39. The summed E-state index contributed by atoms with van der Waals surface area (Å²) in [6.45, 7) is 0. The number of amidine groups is 2. The summed E-state index contributed by atoms with van der Waals surface area (Å²) in [5, 5.41) is 14.9. The van der Waals surface area contributed by atoms with Gasteiger partial charge >= 0.3 is 0 Å². The lowest BCUT2D eigenvalue weighted by atomic mass is 10.2. The number of rotatable bonds is 3. The van der Waals surface area contributed by atoms with Gasteiger partial charge in [0.05, 0.1) is 20.8 Å². The normalized spacial score (nSPS) is 10.8. The molecule has 0 aliphatic heterocycles. The molecule has 0 saturated heterocycles. The lowest BCUT2D eigenvalue weighted by Gasteiger charge is -1.96. The predicted octanol–water partition coefficient (Wildman–Crippen LogP) is 1.86. The van der Waals surface area contributed by atoms with Crippen LogP contribution in [-0.2, 0) is 0 Å². The summed E-state index contributed by atoms with van der Waals surface area (Å²) in [5.74, 6) is 0.799. The molecule has 0 fully saturated rings. The Kier molecular flexibility index (Phi) is 2.76. The number of benzene rings is 1. The molecule has 0 amide bonds. The van der Waals surface area contributed by atoms with Crippen molar-refractivity contribution < 1.29 is 0 Å². The van der Waals surface area contributed by atoms with Crippen LogP contribution in [0.2, 0.25) is 0 Å². The second-order valence-electron chi connectivity index (χ2n) is 4.31. The molecule has 6 nitrogen and oxygen atoms in total. The van der Waals surface area contributed by atoms with E-state index in [9.17, 15) is 0 Å². The molecule has 0 radical (unpaired) electrons. The Morgan fingerprint density at radius 2 is 1.90 bits per heavy atom. The predicted molar refractivity (Wildman–Crippen MR) is 81.4 cm³/mol. The van der Waals surface area contributed by atoms with Gasteiger partial charge in [0.15, 0.2) is 0 Å². The number of thiophene rings is 1. The van der Waals surface area contributed by atoms with Crippen molar-refractivity contribution in [1.82, 2.24) is 9.97 Å². The summed E-state index contributed by atoms with van der Waals surface area (Å²) in [6.07, 6.45) is 0. The van der Waals surface area contributed by atoms with E-state index in [-0.39, 0.29) is 11.7 Å². The van der Waals surface area contributed by atoms with Crippen molar-refractivity contribution >= 4 is 34.0 Å². The van der Waals surface area contributed by atoms with E-state index in [0.29, 0.717) is 10.4 Å². The quantitative estimate of drug-likeness (QED) is 0.372. The van der Waals surface area contributed by atoms with Gasteiger partial charge in [-0.2, -0.15) is 0 Å². The van der Waals surface area contributed by atoms with Crippen LogP contribution < -0.4 is 11.5 Å². The smallest absolute Gasteiger partial charge is 0.148 e. The highest BCUT2D eigenvalue weighted by atomic mass is 32.1. The number of nitrogen functional groups attached to an aromatic ring is 2. The third kappa shape index (κ3) is 2.04. The summed E-state index contributed by atoms with van der Waals surface area (Å²) >= 11 is 1.41. The molecule has 2 heterocycles. The standard InChI is InChI=1S/C13H12N6S/c14-11(15)6-1-2-7-8(5-6)19-13(18-7)10-4-3-9(20-10)12(16)17/h1-5H,(H3,14,15)(H3,16,17)(H,18,19). The summed E-state index contributed by atoms with van der Waals surface area (Å²) in [5.41, 5.74) is 13.2. The summed E-state index contributed by atoms with van der Waals surface area (Å²) in [7, 11) is 0. The van der Waals surface area contributed by atoms with Crippen LogP contribution in [-0.4, -0.2) is 21.6 Å². The van der Waals surface area contributed by atoms with Crippen molar-refractivity contribution in [2.24, 2.45) is 11.5 Å². The molecule has 20 heavy (non-hydrogen) atoms. The molecule has 3 rings (SSSR count). The minimum atomic E-state index is 0.0260. The SMILES string of the molecule is N=C(N)c1ccc2nc(-c3ccc(C(=N)N)s3)[nH]c2c1. The first kappa shape index (κ1) is 12.4. The fraction of sp³-hybridized carbons (Fsp3) is 0. The molecule has 0 saturated carbocycles. The van der Waals surface area contributed by atoms with Crippen LogP contribution in [0, 0.1) is 10.8 Å². The molecule has 0 atom stereocenters. The van der Waals surface area contributed by atoms with Gasteiger partial charge in [0.2, 0.25) is 0 Å². The first-order valence-corrected chi connectivity index (χ1v) is 6.65. The van der Waals surface area contributed by atoms with Crippen LogP contribution in [0.3, 0.4) is 0 Å². The summed E-state index contributed by atoms with van der Waals surface area (Å²) < 4.78 is 0. The lowest BCUT2D eigenvalue weighted by Crippen LogP contribution is -2.10. The fourth-order valence-corrected chi connectivity index (χ4v) is 2.72. The summed E-state index contributed by atoms with van der Waals surface area (Å²) in [6, 6.07) is 9.07. The van der Waals surface area contributed by atoms with E-state index in [1.165, 1.54) is 11.3 Å². The third-order valence-corrected chi connectivity index (χ3v) is 4.02. The molecule has 0 spiro atoms. The largest absolute Gasteiger partial charge is 0.384 e. The Morgan fingerprint density at radius 3 is 2.55 bits per heavy atom. The van der Waals surface area contributed by atoms with Gasteiger partial charge in [-0.05, 0) is 30.3 Å². The minimum Gasteiger partial charge on any atom is -0.384 e. The molecule has 7 N–H and O–H groups in total. The van der Waals surface area contributed by atoms with Crippen molar-refractivity contribution in [3.8, 4) is 10.7 Å². The zero-order valence-electron chi connectivity index (χ0n) is 10.4. The highest BCUT2D eigenvalue weighted by molar-refractivity contribution is 7.17. The van der Waals surface area contributed by atoms with Crippen LogP contribution in [0.15, 0.2) is 30.3 Å². The molecule has 0 aliphatic rings. The van der Waals surface area contributed by atoms with E-state index >= 15 is 0 Å². The number of nitrogens with two attached hydrogens (primary N) is 2. The van der Waals surface area contributed by atoms with E-state index < -0.39 is 0 Å². The van der Waals surface area contributed by atoms with Crippen LogP contribution in [0.1, 0.15) is 10.4 Å². The van der Waals surface area contributed by atoms with Gasteiger partial charge in [0, 0.05) is 5.56 Å². The van der Waals surface area contributed by atoms with Gasteiger partial charge in [-0.15, -0.1) is 11.3 Å². The highest BCUT2D eigenvalue weighted by Gasteiger charge is 2.10. The van der Waals surface area contributed by atoms with Gasteiger partial charge in [0.25, 0.3) is 0 Å². The maximum Gasteiger partial charge on any atom is 0.148 e. The van der Waals surface area contributed by atoms with E-state index in [1.54, 1.807) is 18.2 Å². The molecule has 0 unspecified atom stereocenters. The first-order chi connectivity index (χ1) is 9.54. The molecular formula is C13H12N6S. The second kappa shape index (κ2) is 4.46. The fourth-order valence-electron chi connectivity index (χ4n) is 1.90. The molecular weight excluding hydrogens is 272 g/mol. The molecule has 7 heteroatoms. The van der Waals surface area contributed by atoms with Crippen molar-refractivity contribution in [2.45, 2.75) is 0 Å². The van der Waals surface area contributed by atoms with Crippen molar-refractivity contribution in [3.05, 3.63) is 40.8 Å².